The highest BCUT2D eigenvalue weighted by Crippen LogP contribution is 2.39. The molecule has 0 saturated carbocycles. The molecule has 3 aromatic carbocycles. The molecule has 34 heavy (non-hydrogen) atoms. The Morgan fingerprint density at radius 3 is 2.18 bits per heavy atom. The lowest BCUT2D eigenvalue weighted by molar-refractivity contribution is -0.137. The number of aromatic nitrogens is 2. The summed E-state index contributed by atoms with van der Waals surface area (Å²) in [6.45, 7) is 1.75. The maximum atomic E-state index is 13.7. The monoisotopic (exact) mass is 483 g/mol. The number of alkyl halides is 3. The number of aryl methyl sites for hydroxylation is 1. The van der Waals surface area contributed by atoms with Crippen LogP contribution in [0, 0.1) is 6.92 Å². The van der Waals surface area contributed by atoms with Gasteiger partial charge in [-0.2, -0.15) is 17.5 Å². The Hall–Kier alpha value is -3.30. The lowest BCUT2D eigenvalue weighted by atomic mass is 9.95. The first-order valence-corrected chi connectivity index (χ1v) is 12.1. The van der Waals surface area contributed by atoms with E-state index in [4.69, 9.17) is 0 Å². The van der Waals surface area contributed by atoms with Gasteiger partial charge in [0.15, 0.2) is 0 Å². The number of para-hydroxylation sites is 2. The third kappa shape index (κ3) is 4.05. The highest BCUT2D eigenvalue weighted by atomic mass is 32.2. The van der Waals surface area contributed by atoms with Crippen LogP contribution in [0.3, 0.4) is 0 Å². The number of nitrogens with zero attached hydrogens (tertiary/aromatic N) is 3. The minimum Gasteiger partial charge on any atom is -0.249 e. The molecule has 9 heteroatoms. The van der Waals surface area contributed by atoms with Gasteiger partial charge in [-0.1, -0.05) is 42.0 Å². The molecule has 4 aromatic rings. The molecule has 0 bridgehead atoms. The molecule has 0 fully saturated rings. The average molecular weight is 484 g/mol. The molecule has 2 heterocycles. The fourth-order valence-corrected chi connectivity index (χ4v) is 5.78. The van der Waals surface area contributed by atoms with Crippen molar-refractivity contribution in [2.45, 2.75) is 37.0 Å². The second kappa shape index (κ2) is 8.18. The number of benzene rings is 3. The predicted octanol–water partition coefficient (Wildman–Crippen LogP) is 5.45. The third-order valence-corrected chi connectivity index (χ3v) is 7.86. The Balaban J connectivity index is 1.66. The SMILES string of the molecule is Cc1ccc(S(=O)(=O)N2Cc3nc4ccccc4nc3CC2c2cccc(C(F)(F)F)c2)cc1. The van der Waals surface area contributed by atoms with Crippen LogP contribution in [0.1, 0.15) is 34.1 Å². The molecule has 1 aliphatic rings. The van der Waals surface area contributed by atoms with Gasteiger partial charge >= 0.3 is 6.18 Å². The van der Waals surface area contributed by atoms with E-state index < -0.39 is 27.8 Å². The minimum atomic E-state index is -4.54. The van der Waals surface area contributed by atoms with Gasteiger partial charge in [0.05, 0.1) is 45.5 Å². The summed E-state index contributed by atoms with van der Waals surface area (Å²) in [4.78, 5) is 9.36. The van der Waals surface area contributed by atoms with Crippen LogP contribution in [-0.2, 0) is 29.2 Å². The van der Waals surface area contributed by atoms with Gasteiger partial charge in [0.25, 0.3) is 0 Å². The molecule has 174 valence electrons. The van der Waals surface area contributed by atoms with Crippen molar-refractivity contribution in [1.29, 1.82) is 0 Å². The first-order valence-electron chi connectivity index (χ1n) is 10.6. The summed E-state index contributed by atoms with van der Waals surface area (Å²) < 4.78 is 68.9. The zero-order chi connectivity index (χ0) is 24.1. The molecule has 1 aromatic heterocycles. The van der Waals surface area contributed by atoms with Gasteiger partial charge in [-0.15, -0.1) is 0 Å². The summed E-state index contributed by atoms with van der Waals surface area (Å²) in [5.41, 5.74) is 2.69. The summed E-state index contributed by atoms with van der Waals surface area (Å²) >= 11 is 0. The molecule has 0 amide bonds. The number of hydrogen-bond acceptors (Lipinski definition) is 4. The summed E-state index contributed by atoms with van der Waals surface area (Å²) in [6, 6.07) is 17.6. The standard InChI is InChI=1S/C25H20F3N3O2S/c1-16-9-11-19(12-10-16)34(32,33)31-15-23-22(29-20-7-2-3-8-21(20)30-23)14-24(31)17-5-4-6-18(13-17)25(26,27)28/h2-13,24H,14-15H2,1H3. The van der Waals surface area contributed by atoms with Gasteiger partial charge < -0.3 is 0 Å². The summed E-state index contributed by atoms with van der Waals surface area (Å²) in [5, 5.41) is 0. The van der Waals surface area contributed by atoms with E-state index in [-0.39, 0.29) is 23.4 Å². The minimum absolute atomic E-state index is 0.0762. The highest BCUT2D eigenvalue weighted by Gasteiger charge is 2.39. The van der Waals surface area contributed by atoms with E-state index in [0.717, 1.165) is 17.7 Å². The van der Waals surface area contributed by atoms with Crippen molar-refractivity contribution in [1.82, 2.24) is 14.3 Å². The Labute approximate surface area is 195 Å². The summed E-state index contributed by atoms with van der Waals surface area (Å²) in [7, 11) is -4.04. The van der Waals surface area contributed by atoms with Crippen LogP contribution in [0.15, 0.2) is 77.7 Å². The van der Waals surface area contributed by atoms with Crippen molar-refractivity contribution in [2.24, 2.45) is 0 Å². The second-order valence-corrected chi connectivity index (χ2v) is 10.2. The molecular weight excluding hydrogens is 463 g/mol. The van der Waals surface area contributed by atoms with E-state index in [0.29, 0.717) is 22.4 Å². The molecule has 0 spiro atoms. The summed E-state index contributed by atoms with van der Waals surface area (Å²) in [5.74, 6) is 0. The third-order valence-electron chi connectivity index (χ3n) is 5.99. The number of sulfonamides is 1. The van der Waals surface area contributed by atoms with Crippen molar-refractivity contribution in [3.8, 4) is 0 Å². The van der Waals surface area contributed by atoms with Crippen molar-refractivity contribution in [2.75, 3.05) is 0 Å². The van der Waals surface area contributed by atoms with Crippen LogP contribution >= 0.6 is 0 Å². The molecule has 1 aliphatic heterocycles. The van der Waals surface area contributed by atoms with Crippen LogP contribution in [0.5, 0.6) is 0 Å². The van der Waals surface area contributed by atoms with Gasteiger partial charge in [-0.05, 0) is 48.9 Å². The van der Waals surface area contributed by atoms with Crippen LogP contribution in [0.2, 0.25) is 0 Å². The van der Waals surface area contributed by atoms with Crippen LogP contribution < -0.4 is 0 Å². The first-order chi connectivity index (χ1) is 16.1. The van der Waals surface area contributed by atoms with Gasteiger partial charge in [0.1, 0.15) is 0 Å². The Morgan fingerprint density at radius 1 is 0.882 bits per heavy atom. The quantitative estimate of drug-likeness (QED) is 0.389. The van der Waals surface area contributed by atoms with E-state index in [1.54, 1.807) is 24.3 Å². The maximum Gasteiger partial charge on any atom is 0.416 e. The van der Waals surface area contributed by atoms with Crippen molar-refractivity contribution in [3.05, 3.63) is 101 Å². The van der Waals surface area contributed by atoms with Gasteiger partial charge in [-0.3, -0.25) is 0 Å². The molecule has 5 rings (SSSR count). The lowest BCUT2D eigenvalue weighted by Gasteiger charge is -2.35. The Kier molecular flexibility index (Phi) is 5.41. The smallest absolute Gasteiger partial charge is 0.249 e. The molecule has 0 radical (unpaired) electrons. The van der Waals surface area contributed by atoms with E-state index in [1.165, 1.54) is 28.6 Å². The van der Waals surface area contributed by atoms with Crippen molar-refractivity contribution >= 4 is 21.1 Å². The van der Waals surface area contributed by atoms with Crippen LogP contribution in [0.4, 0.5) is 13.2 Å². The van der Waals surface area contributed by atoms with E-state index in [1.807, 2.05) is 19.1 Å². The van der Waals surface area contributed by atoms with E-state index >= 15 is 0 Å². The molecule has 1 atom stereocenters. The fraction of sp³-hybridized carbons (Fsp3) is 0.200. The fourth-order valence-electron chi connectivity index (χ4n) is 4.21. The van der Waals surface area contributed by atoms with Crippen molar-refractivity contribution in [3.63, 3.8) is 0 Å². The highest BCUT2D eigenvalue weighted by molar-refractivity contribution is 7.89. The topological polar surface area (TPSA) is 63.2 Å². The molecule has 0 N–H and O–H groups in total. The van der Waals surface area contributed by atoms with E-state index in [9.17, 15) is 21.6 Å². The molecule has 0 saturated heterocycles. The Morgan fingerprint density at radius 2 is 1.53 bits per heavy atom. The zero-order valence-electron chi connectivity index (χ0n) is 18.1. The molecule has 1 unspecified atom stereocenters. The largest absolute Gasteiger partial charge is 0.416 e. The first kappa shape index (κ1) is 22.5. The van der Waals surface area contributed by atoms with Crippen LogP contribution in [0.25, 0.3) is 11.0 Å². The average Bonchev–Trinajstić information content (AvgIpc) is 2.81. The summed E-state index contributed by atoms with van der Waals surface area (Å²) in [6.07, 6.45) is -4.43. The zero-order valence-corrected chi connectivity index (χ0v) is 18.9. The molecule has 0 aliphatic carbocycles. The van der Waals surface area contributed by atoms with Gasteiger partial charge in [-0.25, -0.2) is 18.4 Å². The second-order valence-electron chi connectivity index (χ2n) is 8.31. The Bertz CT molecular complexity index is 1490. The molecular formula is C25H20F3N3O2S. The number of rotatable bonds is 3. The van der Waals surface area contributed by atoms with Crippen molar-refractivity contribution < 1.29 is 21.6 Å². The number of fused-ring (bicyclic) bond motifs is 2. The number of hydrogen-bond donors (Lipinski definition) is 0. The lowest BCUT2D eigenvalue weighted by Crippen LogP contribution is -2.39. The van der Waals surface area contributed by atoms with E-state index in [2.05, 4.69) is 9.97 Å². The normalized spacial score (nSPS) is 17.0. The molecule has 5 nitrogen and oxygen atoms in total. The van der Waals surface area contributed by atoms with Crippen LogP contribution in [-0.4, -0.2) is 22.7 Å². The number of halogens is 3. The van der Waals surface area contributed by atoms with Gasteiger partial charge in [0.2, 0.25) is 10.0 Å². The van der Waals surface area contributed by atoms with Gasteiger partial charge in [0, 0.05) is 6.42 Å². The maximum absolute atomic E-state index is 13.7. The predicted molar refractivity (Wildman–Crippen MR) is 121 cm³/mol.